The second kappa shape index (κ2) is 15.2. The Bertz CT molecular complexity index is 2030. The van der Waals surface area contributed by atoms with Crippen molar-refractivity contribution in [1.82, 2.24) is 10.3 Å². The lowest BCUT2D eigenvalue weighted by atomic mass is 10.1. The van der Waals surface area contributed by atoms with Gasteiger partial charge in [0.25, 0.3) is 5.91 Å². The Morgan fingerprint density at radius 3 is 2.19 bits per heavy atom. The zero-order chi connectivity index (χ0) is 34.1. The molecule has 0 saturated heterocycles. The zero-order valence-electron chi connectivity index (χ0n) is 26.8. The molecule has 0 aliphatic carbocycles. The lowest BCUT2D eigenvalue weighted by Gasteiger charge is -2.28. The maximum absolute atomic E-state index is 12.5. The van der Waals surface area contributed by atoms with E-state index in [4.69, 9.17) is 9.47 Å². The summed E-state index contributed by atoms with van der Waals surface area (Å²) in [6, 6.07) is 31.5. The Morgan fingerprint density at radius 2 is 1.56 bits per heavy atom. The maximum Gasteiger partial charge on any atom is 0.251 e. The highest BCUT2D eigenvalue weighted by atomic mass is 32.2. The number of ether oxygens (including phenoxy) is 2. The van der Waals surface area contributed by atoms with Crippen LogP contribution in [0.25, 0.3) is 0 Å². The summed E-state index contributed by atoms with van der Waals surface area (Å²) in [5.74, 6) is 1.22. The molecule has 5 rings (SSSR count). The number of pyridine rings is 1. The summed E-state index contributed by atoms with van der Waals surface area (Å²) in [6.45, 7) is 3.18. The van der Waals surface area contributed by atoms with Crippen LogP contribution >= 0.6 is 0 Å². The smallest absolute Gasteiger partial charge is 0.251 e. The molecule has 10 nitrogen and oxygen atoms in total. The summed E-state index contributed by atoms with van der Waals surface area (Å²) in [4.78, 5) is 18.8. The number of nitriles is 1. The van der Waals surface area contributed by atoms with Gasteiger partial charge in [-0.25, -0.2) is 8.42 Å². The maximum atomic E-state index is 12.5. The Morgan fingerprint density at radius 1 is 0.875 bits per heavy atom. The number of aromatic nitrogens is 1. The lowest BCUT2D eigenvalue weighted by Crippen LogP contribution is -2.23. The molecular formula is C37H35N5O5S. The Balaban J connectivity index is 1.38. The van der Waals surface area contributed by atoms with Crippen molar-refractivity contribution in [2.75, 3.05) is 22.9 Å². The van der Waals surface area contributed by atoms with Crippen LogP contribution in [0, 0.1) is 18.3 Å². The molecule has 1 aromatic heterocycles. The van der Waals surface area contributed by atoms with Crippen LogP contribution in [-0.4, -0.2) is 32.6 Å². The second-order valence-corrected chi connectivity index (χ2v) is 12.9. The van der Waals surface area contributed by atoms with Gasteiger partial charge in [-0.15, -0.1) is 0 Å². The van der Waals surface area contributed by atoms with Gasteiger partial charge in [-0.05, 0) is 78.2 Å². The Kier molecular flexibility index (Phi) is 10.6. The number of hydrogen-bond donors (Lipinski definition) is 2. The molecule has 48 heavy (non-hydrogen) atoms. The molecule has 244 valence electrons. The minimum absolute atomic E-state index is 0.268. The van der Waals surface area contributed by atoms with E-state index in [9.17, 15) is 18.5 Å². The van der Waals surface area contributed by atoms with Crippen LogP contribution in [0.15, 0.2) is 109 Å². The van der Waals surface area contributed by atoms with E-state index in [0.29, 0.717) is 47.2 Å². The lowest BCUT2D eigenvalue weighted by molar-refractivity contribution is 0.0962. The highest BCUT2D eigenvalue weighted by molar-refractivity contribution is 7.92. The third kappa shape index (κ3) is 9.11. The summed E-state index contributed by atoms with van der Waals surface area (Å²) in [5, 5.41) is 11.9. The molecule has 1 heterocycles. The largest absolute Gasteiger partial charge is 0.489 e. The minimum Gasteiger partial charge on any atom is -0.489 e. The molecule has 0 bridgehead atoms. The number of rotatable bonds is 13. The fourth-order valence-corrected chi connectivity index (χ4v) is 5.69. The van der Waals surface area contributed by atoms with Gasteiger partial charge in [0, 0.05) is 55.4 Å². The molecule has 0 aliphatic rings. The first-order chi connectivity index (χ1) is 23.1. The summed E-state index contributed by atoms with van der Waals surface area (Å²) in [5.41, 5.74) is 5.99. The average molecular weight is 662 g/mol. The third-order valence-electron chi connectivity index (χ3n) is 7.43. The van der Waals surface area contributed by atoms with E-state index in [1.54, 1.807) is 55.8 Å². The van der Waals surface area contributed by atoms with Crippen LogP contribution in [-0.2, 0) is 29.7 Å². The van der Waals surface area contributed by atoms with Crippen molar-refractivity contribution in [1.29, 1.82) is 5.26 Å². The van der Waals surface area contributed by atoms with Crippen molar-refractivity contribution < 1.29 is 22.7 Å². The number of hydrogen-bond acceptors (Lipinski definition) is 8. The SMILES string of the molecule is CNC(=O)c1cc(OCc2cccnc2)cc(Oc2ccc(CN(Cc3ccc(C#N)cc3)c3cccc(NS(C)(=O)=O)c3C)cc2)c1. The number of carbonyl (C=O) groups excluding carboxylic acids is 1. The quantitative estimate of drug-likeness (QED) is 0.145. The summed E-state index contributed by atoms with van der Waals surface area (Å²) < 4.78 is 38.8. The standard InChI is InChI=1S/C37H35N5O5S/c1-26-35(41-48(3,44)45)7-4-8-36(26)42(23-28-11-9-27(21-38)10-12-28)24-29-13-15-32(16-14-29)47-34-19-31(37(43)39-2)18-33(20-34)46-25-30-6-5-17-40-22-30/h4-20,22,41H,23-25H2,1-3H3,(H,39,43). The minimum atomic E-state index is -3.47. The van der Waals surface area contributed by atoms with Gasteiger partial charge in [0.2, 0.25) is 10.0 Å². The average Bonchev–Trinajstić information content (AvgIpc) is 3.08. The fraction of sp³-hybridized carbons (Fsp3) is 0.162. The molecule has 0 unspecified atom stereocenters. The molecule has 0 aliphatic heterocycles. The molecule has 0 saturated carbocycles. The number of benzene rings is 4. The van der Waals surface area contributed by atoms with Gasteiger partial charge in [0.15, 0.2) is 0 Å². The van der Waals surface area contributed by atoms with E-state index in [-0.39, 0.29) is 12.5 Å². The van der Waals surface area contributed by atoms with Gasteiger partial charge in [-0.3, -0.25) is 14.5 Å². The first-order valence-corrected chi connectivity index (χ1v) is 17.0. The molecule has 0 atom stereocenters. The van der Waals surface area contributed by atoms with Gasteiger partial charge in [-0.1, -0.05) is 36.4 Å². The van der Waals surface area contributed by atoms with Gasteiger partial charge < -0.3 is 19.7 Å². The molecule has 0 spiro atoms. The highest BCUT2D eigenvalue weighted by Gasteiger charge is 2.16. The number of nitrogens with zero attached hydrogens (tertiary/aromatic N) is 3. The topological polar surface area (TPSA) is 134 Å². The molecule has 4 aromatic carbocycles. The first kappa shape index (κ1) is 33.5. The van der Waals surface area contributed by atoms with Crippen LogP contribution in [0.3, 0.4) is 0 Å². The van der Waals surface area contributed by atoms with E-state index in [1.165, 1.54) is 0 Å². The summed E-state index contributed by atoms with van der Waals surface area (Å²) in [7, 11) is -1.91. The molecule has 1 amide bonds. The summed E-state index contributed by atoms with van der Waals surface area (Å²) in [6.07, 6.45) is 4.54. The number of nitrogens with one attached hydrogen (secondary N) is 2. The Hall–Kier alpha value is -5.86. The van der Waals surface area contributed by atoms with E-state index in [1.807, 2.05) is 67.6 Å². The van der Waals surface area contributed by atoms with Gasteiger partial charge >= 0.3 is 0 Å². The number of carbonyl (C=O) groups is 1. The van der Waals surface area contributed by atoms with Gasteiger partial charge in [0.05, 0.1) is 23.6 Å². The number of anilines is 2. The van der Waals surface area contributed by atoms with Crippen molar-refractivity contribution >= 4 is 27.3 Å². The zero-order valence-corrected chi connectivity index (χ0v) is 27.6. The van der Waals surface area contributed by atoms with E-state index < -0.39 is 10.0 Å². The predicted octanol–water partition coefficient (Wildman–Crippen LogP) is 6.57. The van der Waals surface area contributed by atoms with Crippen LogP contribution in [0.5, 0.6) is 17.2 Å². The van der Waals surface area contributed by atoms with Crippen molar-refractivity contribution in [2.24, 2.45) is 0 Å². The molecule has 0 radical (unpaired) electrons. The monoisotopic (exact) mass is 661 g/mol. The number of amides is 1. The van der Waals surface area contributed by atoms with Gasteiger partial charge in [0.1, 0.15) is 23.9 Å². The predicted molar refractivity (Wildman–Crippen MR) is 186 cm³/mol. The number of sulfonamides is 1. The van der Waals surface area contributed by atoms with Crippen molar-refractivity contribution in [2.45, 2.75) is 26.6 Å². The van der Waals surface area contributed by atoms with Crippen molar-refractivity contribution in [3.8, 4) is 23.3 Å². The highest BCUT2D eigenvalue weighted by Crippen LogP contribution is 2.32. The van der Waals surface area contributed by atoms with Gasteiger partial charge in [-0.2, -0.15) is 5.26 Å². The Labute approximate surface area is 280 Å². The van der Waals surface area contributed by atoms with E-state index in [0.717, 1.165) is 34.2 Å². The third-order valence-corrected chi connectivity index (χ3v) is 8.02. The molecule has 11 heteroatoms. The van der Waals surface area contributed by atoms with Crippen LogP contribution in [0.2, 0.25) is 0 Å². The van der Waals surface area contributed by atoms with E-state index in [2.05, 4.69) is 26.0 Å². The molecule has 5 aromatic rings. The molecule has 0 fully saturated rings. The van der Waals surface area contributed by atoms with Crippen molar-refractivity contribution in [3.63, 3.8) is 0 Å². The fourth-order valence-electron chi connectivity index (χ4n) is 5.07. The van der Waals surface area contributed by atoms with Crippen molar-refractivity contribution in [3.05, 3.63) is 143 Å². The molecular weight excluding hydrogens is 627 g/mol. The van der Waals surface area contributed by atoms with Crippen LogP contribution in [0.4, 0.5) is 11.4 Å². The second-order valence-electron chi connectivity index (χ2n) is 11.2. The van der Waals surface area contributed by atoms with Crippen LogP contribution < -0.4 is 24.4 Å². The first-order valence-electron chi connectivity index (χ1n) is 15.1. The normalized spacial score (nSPS) is 10.9. The van der Waals surface area contributed by atoms with Crippen LogP contribution in [0.1, 0.15) is 38.2 Å². The molecule has 2 N–H and O–H groups in total. The van der Waals surface area contributed by atoms with E-state index >= 15 is 0 Å². The summed E-state index contributed by atoms with van der Waals surface area (Å²) >= 11 is 0.